The fourth-order valence-corrected chi connectivity index (χ4v) is 2.70. The molecule has 0 atom stereocenters. The number of hydrogen-bond acceptors (Lipinski definition) is 6. The molecule has 0 unspecified atom stereocenters. The summed E-state index contributed by atoms with van der Waals surface area (Å²) in [6, 6.07) is 9.15. The van der Waals surface area contributed by atoms with E-state index in [2.05, 4.69) is 5.32 Å². The van der Waals surface area contributed by atoms with E-state index in [4.69, 9.17) is 24.7 Å². The Bertz CT molecular complexity index is 781. The van der Waals surface area contributed by atoms with Crippen molar-refractivity contribution >= 4 is 18.3 Å². The molecule has 2 rings (SSSR count). The Kier molecular flexibility index (Phi) is 9.41. The molecule has 0 heterocycles. The van der Waals surface area contributed by atoms with Gasteiger partial charge in [-0.1, -0.05) is 12.1 Å². The van der Waals surface area contributed by atoms with Crippen LogP contribution in [0.2, 0.25) is 0 Å². The zero-order chi connectivity index (χ0) is 19.8. The number of nitrogens with one attached hydrogen (secondary N) is 1. The number of methoxy groups -OCH3 is 3. The lowest BCUT2D eigenvalue weighted by atomic mass is 10.1. The number of hydrogen-bond donors (Lipinski definition) is 2. The lowest BCUT2D eigenvalue weighted by Gasteiger charge is -2.19. The zero-order valence-electron chi connectivity index (χ0n) is 16.5. The summed E-state index contributed by atoms with van der Waals surface area (Å²) in [5.74, 6) is 1.57. The molecule has 0 fully saturated rings. The van der Waals surface area contributed by atoms with E-state index in [0.29, 0.717) is 41.7 Å². The van der Waals surface area contributed by atoms with Crippen LogP contribution in [-0.2, 0) is 6.42 Å². The second-order valence-electron chi connectivity index (χ2n) is 5.67. The second-order valence-corrected chi connectivity index (χ2v) is 5.67. The summed E-state index contributed by atoms with van der Waals surface area (Å²) >= 11 is 0. The molecule has 28 heavy (non-hydrogen) atoms. The average Bonchev–Trinajstić information content (AvgIpc) is 2.68. The van der Waals surface area contributed by atoms with Crippen LogP contribution in [0.5, 0.6) is 28.7 Å². The van der Waals surface area contributed by atoms with Gasteiger partial charge in [0, 0.05) is 12.6 Å². The van der Waals surface area contributed by atoms with Crippen molar-refractivity contribution in [1.29, 1.82) is 0 Å². The third kappa shape index (κ3) is 5.21. The number of amides is 1. The molecular formula is C20H27ClN2O5. The summed E-state index contributed by atoms with van der Waals surface area (Å²) < 4.78 is 22.3. The molecule has 0 aliphatic rings. The normalized spacial score (nSPS) is 9.89. The quantitative estimate of drug-likeness (QED) is 0.659. The maximum Gasteiger partial charge on any atom is 0.255 e. The van der Waals surface area contributed by atoms with E-state index in [1.54, 1.807) is 6.07 Å². The molecule has 7 nitrogen and oxygen atoms in total. The zero-order valence-corrected chi connectivity index (χ0v) is 17.4. The van der Waals surface area contributed by atoms with Gasteiger partial charge in [-0.2, -0.15) is 0 Å². The van der Waals surface area contributed by atoms with Gasteiger partial charge in [-0.05, 0) is 37.6 Å². The molecular weight excluding hydrogens is 384 g/mol. The van der Waals surface area contributed by atoms with E-state index in [-0.39, 0.29) is 24.1 Å². The maximum absolute atomic E-state index is 12.5. The number of nitrogens with two attached hydrogens (primary N) is 1. The molecule has 0 saturated heterocycles. The van der Waals surface area contributed by atoms with Gasteiger partial charge >= 0.3 is 0 Å². The predicted molar refractivity (Wildman–Crippen MR) is 111 cm³/mol. The molecule has 3 N–H and O–H groups in total. The Balaban J connectivity index is 0.00000392. The number of rotatable bonds is 9. The van der Waals surface area contributed by atoms with Crippen LogP contribution >= 0.6 is 12.4 Å². The van der Waals surface area contributed by atoms with Crippen molar-refractivity contribution in [2.75, 3.05) is 34.4 Å². The van der Waals surface area contributed by atoms with E-state index >= 15 is 0 Å². The molecule has 0 radical (unpaired) electrons. The molecule has 0 aliphatic carbocycles. The predicted octanol–water partition coefficient (Wildman–Crippen LogP) is 3.18. The van der Waals surface area contributed by atoms with E-state index in [9.17, 15) is 4.79 Å². The molecule has 0 aliphatic heterocycles. The molecule has 2 aromatic rings. The van der Waals surface area contributed by atoms with Gasteiger partial charge in [0.25, 0.3) is 5.91 Å². The molecule has 0 aromatic heterocycles. The minimum atomic E-state index is -0.293. The monoisotopic (exact) mass is 410 g/mol. The number of halogens is 1. The first-order valence-electron chi connectivity index (χ1n) is 8.67. The van der Waals surface area contributed by atoms with Gasteiger partial charge in [0.15, 0.2) is 11.5 Å². The standard InChI is InChI=1S/C20H26N2O5.ClH/c1-5-22-20(23)15-12-16(18(25-3)19(26-4)17(15)24-2)27-14-8-6-13(7-9-14)10-11-21;/h6-9,12H,5,10-11,21H2,1-4H3,(H,22,23);1H. The van der Waals surface area contributed by atoms with E-state index in [1.807, 2.05) is 31.2 Å². The van der Waals surface area contributed by atoms with Crippen molar-refractivity contribution in [3.05, 3.63) is 41.5 Å². The fraction of sp³-hybridized carbons (Fsp3) is 0.350. The minimum absolute atomic E-state index is 0. The van der Waals surface area contributed by atoms with Crippen LogP contribution < -0.4 is 30.0 Å². The molecule has 2 aromatic carbocycles. The van der Waals surface area contributed by atoms with Crippen LogP contribution in [0, 0.1) is 0 Å². The number of carbonyl (C=O) groups excluding carboxylic acids is 1. The van der Waals surface area contributed by atoms with Crippen molar-refractivity contribution in [2.45, 2.75) is 13.3 Å². The van der Waals surface area contributed by atoms with Crippen molar-refractivity contribution < 1.29 is 23.7 Å². The van der Waals surface area contributed by atoms with Crippen LogP contribution in [0.1, 0.15) is 22.8 Å². The highest BCUT2D eigenvalue weighted by Gasteiger charge is 2.25. The molecule has 154 valence electrons. The highest BCUT2D eigenvalue weighted by atomic mass is 35.5. The van der Waals surface area contributed by atoms with Gasteiger partial charge in [-0.15, -0.1) is 12.4 Å². The largest absolute Gasteiger partial charge is 0.492 e. The number of benzene rings is 2. The Morgan fingerprint density at radius 3 is 2.11 bits per heavy atom. The smallest absolute Gasteiger partial charge is 0.255 e. The number of carbonyl (C=O) groups is 1. The van der Waals surface area contributed by atoms with E-state index in [1.165, 1.54) is 21.3 Å². The third-order valence-electron chi connectivity index (χ3n) is 3.93. The molecule has 0 bridgehead atoms. The van der Waals surface area contributed by atoms with Gasteiger partial charge in [-0.3, -0.25) is 4.79 Å². The van der Waals surface area contributed by atoms with Gasteiger partial charge in [0.05, 0.1) is 26.9 Å². The SMILES string of the molecule is CCNC(=O)c1cc(Oc2ccc(CCN)cc2)c(OC)c(OC)c1OC.Cl. The average molecular weight is 411 g/mol. The Hall–Kier alpha value is -2.64. The van der Waals surface area contributed by atoms with Crippen molar-refractivity contribution in [2.24, 2.45) is 5.73 Å². The van der Waals surface area contributed by atoms with Crippen molar-refractivity contribution in [1.82, 2.24) is 5.32 Å². The highest BCUT2D eigenvalue weighted by Crippen LogP contribution is 2.47. The molecule has 0 saturated carbocycles. The molecule has 0 spiro atoms. The van der Waals surface area contributed by atoms with E-state index in [0.717, 1.165) is 12.0 Å². The lowest BCUT2D eigenvalue weighted by molar-refractivity contribution is 0.0951. The Morgan fingerprint density at radius 1 is 1.00 bits per heavy atom. The summed E-state index contributed by atoms with van der Waals surface area (Å²) in [6.07, 6.45) is 0.793. The molecule has 8 heteroatoms. The van der Waals surface area contributed by atoms with Crippen molar-refractivity contribution in [3.8, 4) is 28.7 Å². The third-order valence-corrected chi connectivity index (χ3v) is 3.93. The van der Waals surface area contributed by atoms with Gasteiger partial charge in [0.1, 0.15) is 5.75 Å². The van der Waals surface area contributed by atoms with Gasteiger partial charge < -0.3 is 30.0 Å². The molecule has 1 amide bonds. The second kappa shape index (κ2) is 11.3. The summed E-state index contributed by atoms with van der Waals surface area (Å²) in [5.41, 5.74) is 6.99. The van der Waals surface area contributed by atoms with Gasteiger partial charge in [0.2, 0.25) is 11.5 Å². The topological polar surface area (TPSA) is 92.0 Å². The van der Waals surface area contributed by atoms with Crippen LogP contribution in [-0.4, -0.2) is 40.3 Å². The van der Waals surface area contributed by atoms with Crippen LogP contribution in [0.25, 0.3) is 0 Å². The Morgan fingerprint density at radius 2 is 1.61 bits per heavy atom. The summed E-state index contributed by atoms with van der Waals surface area (Å²) in [7, 11) is 4.45. The van der Waals surface area contributed by atoms with E-state index < -0.39 is 0 Å². The highest BCUT2D eigenvalue weighted by molar-refractivity contribution is 5.99. The summed E-state index contributed by atoms with van der Waals surface area (Å²) in [6.45, 7) is 2.90. The van der Waals surface area contributed by atoms with Crippen LogP contribution in [0.15, 0.2) is 30.3 Å². The summed E-state index contributed by atoms with van der Waals surface area (Å²) in [4.78, 5) is 12.5. The first-order chi connectivity index (χ1) is 13.1. The Labute approximate surface area is 171 Å². The minimum Gasteiger partial charge on any atom is -0.492 e. The number of ether oxygens (including phenoxy) is 4. The van der Waals surface area contributed by atoms with Crippen LogP contribution in [0.4, 0.5) is 0 Å². The van der Waals surface area contributed by atoms with Crippen LogP contribution in [0.3, 0.4) is 0 Å². The summed E-state index contributed by atoms with van der Waals surface area (Å²) in [5, 5.41) is 2.76. The van der Waals surface area contributed by atoms with Crippen molar-refractivity contribution in [3.63, 3.8) is 0 Å². The first kappa shape index (κ1) is 23.4. The fourth-order valence-electron chi connectivity index (χ4n) is 2.70. The lowest BCUT2D eigenvalue weighted by Crippen LogP contribution is -2.23. The maximum atomic E-state index is 12.5. The van der Waals surface area contributed by atoms with Gasteiger partial charge in [-0.25, -0.2) is 0 Å². The first-order valence-corrected chi connectivity index (χ1v) is 8.67.